The van der Waals surface area contributed by atoms with Gasteiger partial charge in [0.1, 0.15) is 18.5 Å². The van der Waals surface area contributed by atoms with E-state index in [1.165, 1.54) is 15.3 Å². The van der Waals surface area contributed by atoms with Gasteiger partial charge in [-0.1, -0.05) is 35.3 Å². The number of benzene rings is 2. The molecule has 0 fully saturated rings. The molecule has 0 radical (unpaired) electrons. The van der Waals surface area contributed by atoms with E-state index in [-0.39, 0.29) is 31.3 Å². The Morgan fingerprint density at radius 1 is 1.10 bits per heavy atom. The van der Waals surface area contributed by atoms with Crippen molar-refractivity contribution in [2.45, 2.75) is 12.6 Å². The van der Waals surface area contributed by atoms with Crippen molar-refractivity contribution < 1.29 is 14.9 Å². The molecule has 3 N–H and O–H groups in total. The van der Waals surface area contributed by atoms with Crippen LogP contribution in [0.2, 0.25) is 10.0 Å². The molecule has 9 heteroatoms. The predicted molar refractivity (Wildman–Crippen MR) is 113 cm³/mol. The molecule has 0 bridgehead atoms. The summed E-state index contributed by atoms with van der Waals surface area (Å²) in [6.45, 7) is 0.956. The first-order chi connectivity index (χ1) is 14.0. The summed E-state index contributed by atoms with van der Waals surface area (Å²) in [6.07, 6.45) is 0.605. The number of rotatable bonds is 9. The van der Waals surface area contributed by atoms with Crippen molar-refractivity contribution in [1.29, 1.82) is 0 Å². The molecule has 0 amide bonds. The van der Waals surface area contributed by atoms with Crippen LogP contribution in [0.4, 0.5) is 0 Å². The average Bonchev–Trinajstić information content (AvgIpc) is 2.99. The van der Waals surface area contributed by atoms with Crippen LogP contribution in [0.5, 0.6) is 11.6 Å². The van der Waals surface area contributed by atoms with Crippen LogP contribution in [-0.2, 0) is 6.54 Å². The van der Waals surface area contributed by atoms with Crippen LogP contribution in [0.15, 0.2) is 59.5 Å². The van der Waals surface area contributed by atoms with Crippen LogP contribution in [0.25, 0.3) is 5.69 Å². The molecule has 0 aliphatic carbocycles. The third-order valence-corrected chi connectivity index (χ3v) is 4.79. The zero-order chi connectivity index (χ0) is 20.8. The third kappa shape index (κ3) is 5.55. The van der Waals surface area contributed by atoms with Gasteiger partial charge in [0.25, 0.3) is 0 Å². The van der Waals surface area contributed by atoms with Crippen LogP contribution >= 0.6 is 23.2 Å². The first-order valence-electron chi connectivity index (χ1n) is 8.99. The molecular formula is C20H21Cl2N3O4. The summed E-state index contributed by atoms with van der Waals surface area (Å²) < 4.78 is 8.07. The number of aliphatic hydroxyl groups is 1. The highest BCUT2D eigenvalue weighted by atomic mass is 35.5. The second-order valence-electron chi connectivity index (χ2n) is 6.37. The van der Waals surface area contributed by atoms with Crippen LogP contribution in [0.3, 0.4) is 0 Å². The quantitative estimate of drug-likeness (QED) is 0.447. The van der Waals surface area contributed by atoms with E-state index in [0.29, 0.717) is 28.0 Å². The Morgan fingerprint density at radius 3 is 2.55 bits per heavy atom. The first-order valence-corrected chi connectivity index (χ1v) is 9.74. The SMILES string of the molecule is O=c1n(-c2ccc(Cl)cc2)cc(O)n1CCNCC(O)COc1ccccc1Cl. The Bertz CT molecular complexity index is 1000. The van der Waals surface area contributed by atoms with E-state index >= 15 is 0 Å². The van der Waals surface area contributed by atoms with Crippen molar-refractivity contribution in [1.82, 2.24) is 14.5 Å². The van der Waals surface area contributed by atoms with Gasteiger partial charge in [0.2, 0.25) is 5.88 Å². The summed E-state index contributed by atoms with van der Waals surface area (Å²) in [5.41, 5.74) is 0.239. The third-order valence-electron chi connectivity index (χ3n) is 4.22. The minimum atomic E-state index is -0.754. The van der Waals surface area contributed by atoms with E-state index in [2.05, 4.69) is 5.32 Å². The van der Waals surface area contributed by atoms with Gasteiger partial charge in [-0.05, 0) is 36.4 Å². The first kappa shape index (κ1) is 21.3. The lowest BCUT2D eigenvalue weighted by Crippen LogP contribution is -2.34. The summed E-state index contributed by atoms with van der Waals surface area (Å²) in [5, 5.41) is 24.2. The number of aromatic hydroxyl groups is 1. The van der Waals surface area contributed by atoms with Gasteiger partial charge in [0.15, 0.2) is 0 Å². The summed E-state index contributed by atoms with van der Waals surface area (Å²) in [6, 6.07) is 13.8. The molecule has 1 unspecified atom stereocenters. The molecule has 0 aliphatic rings. The lowest BCUT2D eigenvalue weighted by atomic mass is 10.3. The van der Waals surface area contributed by atoms with Crippen LogP contribution < -0.4 is 15.7 Å². The van der Waals surface area contributed by atoms with Gasteiger partial charge in [-0.15, -0.1) is 0 Å². The predicted octanol–water partition coefficient (Wildman–Crippen LogP) is 2.68. The maximum atomic E-state index is 12.5. The maximum absolute atomic E-state index is 12.5. The molecule has 0 saturated heterocycles. The highest BCUT2D eigenvalue weighted by molar-refractivity contribution is 6.32. The molecule has 3 rings (SSSR count). The van der Waals surface area contributed by atoms with E-state index in [1.807, 2.05) is 0 Å². The highest BCUT2D eigenvalue weighted by Gasteiger charge is 2.12. The Kier molecular flexibility index (Phi) is 7.22. The van der Waals surface area contributed by atoms with Gasteiger partial charge < -0.3 is 20.3 Å². The summed E-state index contributed by atoms with van der Waals surface area (Å²) in [7, 11) is 0. The van der Waals surface area contributed by atoms with Gasteiger partial charge in [-0.25, -0.2) is 4.79 Å². The number of nitrogens with zero attached hydrogens (tertiary/aromatic N) is 2. The number of para-hydroxylation sites is 1. The highest BCUT2D eigenvalue weighted by Crippen LogP contribution is 2.23. The number of nitrogens with one attached hydrogen (secondary N) is 1. The monoisotopic (exact) mass is 437 g/mol. The number of imidazole rings is 1. The topological polar surface area (TPSA) is 88.7 Å². The Balaban J connectivity index is 1.49. The smallest absolute Gasteiger partial charge is 0.335 e. The minimum absolute atomic E-state index is 0.0782. The number of hydrogen-bond donors (Lipinski definition) is 3. The number of aromatic nitrogens is 2. The molecule has 1 atom stereocenters. The molecule has 1 heterocycles. The van der Waals surface area contributed by atoms with Crippen molar-refractivity contribution in [2.24, 2.45) is 0 Å². The van der Waals surface area contributed by atoms with Crippen molar-refractivity contribution in [3.05, 3.63) is 75.3 Å². The van der Waals surface area contributed by atoms with E-state index in [9.17, 15) is 15.0 Å². The van der Waals surface area contributed by atoms with Gasteiger partial charge >= 0.3 is 5.69 Å². The second kappa shape index (κ2) is 9.84. The molecule has 0 aliphatic heterocycles. The van der Waals surface area contributed by atoms with Gasteiger partial charge in [0, 0.05) is 24.7 Å². The minimum Gasteiger partial charge on any atom is -0.493 e. The van der Waals surface area contributed by atoms with Gasteiger partial charge in [-0.3, -0.25) is 9.13 Å². The number of hydrogen-bond acceptors (Lipinski definition) is 5. The fourth-order valence-electron chi connectivity index (χ4n) is 2.73. The van der Waals surface area contributed by atoms with Crippen molar-refractivity contribution >= 4 is 23.2 Å². The van der Waals surface area contributed by atoms with Crippen LogP contribution in [0, 0.1) is 0 Å². The molecule has 29 heavy (non-hydrogen) atoms. The molecule has 0 saturated carbocycles. The van der Waals surface area contributed by atoms with Gasteiger partial charge in [0.05, 0.1) is 16.9 Å². The fraction of sp³-hybridized carbons (Fsp3) is 0.250. The maximum Gasteiger partial charge on any atom is 0.335 e. The number of aliphatic hydroxyl groups excluding tert-OH is 1. The largest absolute Gasteiger partial charge is 0.493 e. The van der Waals surface area contributed by atoms with E-state index < -0.39 is 6.10 Å². The standard InChI is InChI=1S/C20H21Cl2N3O4/c21-14-5-7-15(8-6-14)25-12-19(27)24(20(25)28)10-9-23-11-16(26)13-29-18-4-2-1-3-17(18)22/h1-8,12,16,23,26-27H,9-11,13H2. The summed E-state index contributed by atoms with van der Waals surface area (Å²) >= 11 is 11.9. The molecule has 154 valence electrons. The lowest BCUT2D eigenvalue weighted by molar-refractivity contribution is 0.106. The second-order valence-corrected chi connectivity index (χ2v) is 7.21. The zero-order valence-corrected chi connectivity index (χ0v) is 17.0. The lowest BCUT2D eigenvalue weighted by Gasteiger charge is -2.14. The number of halogens is 2. The normalized spacial score (nSPS) is 12.1. The van der Waals surface area contributed by atoms with Crippen molar-refractivity contribution in [3.8, 4) is 17.3 Å². The summed E-state index contributed by atoms with van der Waals surface area (Å²) in [5.74, 6) is 0.364. The number of ether oxygens (including phenoxy) is 1. The van der Waals surface area contributed by atoms with Crippen LogP contribution in [0.1, 0.15) is 0 Å². The average molecular weight is 438 g/mol. The Labute approximate surface area is 177 Å². The molecule has 1 aromatic heterocycles. The van der Waals surface area contributed by atoms with Gasteiger partial charge in [-0.2, -0.15) is 0 Å². The van der Waals surface area contributed by atoms with E-state index in [0.717, 1.165) is 0 Å². The molecule has 2 aromatic carbocycles. The van der Waals surface area contributed by atoms with E-state index in [1.54, 1.807) is 48.5 Å². The van der Waals surface area contributed by atoms with Crippen molar-refractivity contribution in [2.75, 3.05) is 19.7 Å². The van der Waals surface area contributed by atoms with E-state index in [4.69, 9.17) is 27.9 Å². The fourth-order valence-corrected chi connectivity index (χ4v) is 3.05. The molecule has 0 spiro atoms. The van der Waals surface area contributed by atoms with Crippen LogP contribution in [-0.4, -0.2) is 45.1 Å². The van der Waals surface area contributed by atoms with Crippen molar-refractivity contribution in [3.63, 3.8) is 0 Å². The Hall–Kier alpha value is -2.45. The zero-order valence-electron chi connectivity index (χ0n) is 15.5. The Morgan fingerprint density at radius 2 is 1.83 bits per heavy atom. The summed E-state index contributed by atoms with van der Waals surface area (Å²) in [4.78, 5) is 12.5. The molecule has 3 aromatic rings. The molecular weight excluding hydrogens is 417 g/mol. The molecule has 7 nitrogen and oxygen atoms in total.